The average Bonchev–Trinajstić information content (AvgIpc) is 3.43. The van der Waals surface area contributed by atoms with Gasteiger partial charge in [-0.1, -0.05) is 12.1 Å². The Bertz CT molecular complexity index is 1390. The highest BCUT2D eigenvalue weighted by atomic mass is 16.6. The van der Waals surface area contributed by atoms with Crippen LogP contribution < -0.4 is 21.3 Å². The molecule has 4 N–H and O–H groups in total. The van der Waals surface area contributed by atoms with Crippen molar-refractivity contribution in [1.82, 2.24) is 20.9 Å². The molecule has 2 rings (SSSR count). The number of benzene rings is 1. The minimum Gasteiger partial charge on any atom is -0.460 e. The second kappa shape index (κ2) is 23.8. The molecule has 0 spiro atoms. The fraction of sp³-hybridized carbons (Fsp3) is 0.583. The summed E-state index contributed by atoms with van der Waals surface area (Å²) in [6.45, 7) is 11.1. The highest BCUT2D eigenvalue weighted by Crippen LogP contribution is 2.17. The van der Waals surface area contributed by atoms with Gasteiger partial charge in [-0.25, -0.2) is 0 Å². The van der Waals surface area contributed by atoms with E-state index in [-0.39, 0.29) is 70.1 Å². The maximum Gasteiger partial charge on any atom is 0.311 e. The third-order valence-corrected chi connectivity index (χ3v) is 7.35. The Labute approximate surface area is 309 Å². The first-order chi connectivity index (χ1) is 25.2. The maximum absolute atomic E-state index is 12.6. The Kier molecular flexibility index (Phi) is 19.9. The van der Waals surface area contributed by atoms with Gasteiger partial charge < -0.3 is 45.0 Å². The summed E-state index contributed by atoms with van der Waals surface area (Å²) < 4.78 is 26.9. The van der Waals surface area contributed by atoms with Crippen molar-refractivity contribution in [3.05, 3.63) is 42.0 Å². The predicted molar refractivity (Wildman–Crippen MR) is 191 cm³/mol. The van der Waals surface area contributed by atoms with Crippen molar-refractivity contribution >= 4 is 47.1 Å². The first kappa shape index (κ1) is 44.5. The molecule has 53 heavy (non-hydrogen) atoms. The summed E-state index contributed by atoms with van der Waals surface area (Å²) >= 11 is 0. The molecule has 17 heteroatoms. The van der Waals surface area contributed by atoms with Crippen molar-refractivity contribution in [3.8, 4) is 0 Å². The van der Waals surface area contributed by atoms with E-state index in [2.05, 4.69) is 21.3 Å². The fourth-order valence-electron chi connectivity index (χ4n) is 4.23. The van der Waals surface area contributed by atoms with E-state index in [9.17, 15) is 33.6 Å². The Morgan fingerprint density at radius 3 is 1.77 bits per heavy atom. The molecule has 0 saturated heterocycles. The third-order valence-electron chi connectivity index (χ3n) is 7.35. The molecule has 0 aromatic heterocycles. The molecule has 0 unspecified atom stereocenters. The van der Waals surface area contributed by atoms with Gasteiger partial charge >= 0.3 is 5.97 Å². The van der Waals surface area contributed by atoms with Crippen LogP contribution in [0.25, 0.3) is 0 Å². The van der Waals surface area contributed by atoms with Gasteiger partial charge in [-0.2, -0.15) is 0 Å². The van der Waals surface area contributed by atoms with E-state index in [1.165, 1.54) is 26.0 Å². The van der Waals surface area contributed by atoms with Crippen LogP contribution in [0.3, 0.4) is 0 Å². The van der Waals surface area contributed by atoms with Gasteiger partial charge in [0.1, 0.15) is 18.7 Å². The van der Waals surface area contributed by atoms with Crippen molar-refractivity contribution in [2.45, 2.75) is 66.2 Å². The van der Waals surface area contributed by atoms with E-state index < -0.39 is 41.1 Å². The molecule has 0 aliphatic carbocycles. The van der Waals surface area contributed by atoms with Crippen molar-refractivity contribution < 1.29 is 57.2 Å². The minimum atomic E-state index is -0.877. The lowest BCUT2D eigenvalue weighted by atomic mass is 9.97. The number of nitrogens with one attached hydrogen (secondary N) is 4. The first-order valence-corrected chi connectivity index (χ1v) is 17.5. The summed E-state index contributed by atoms with van der Waals surface area (Å²) in [4.78, 5) is 85.1. The molecule has 1 aromatic carbocycles. The van der Waals surface area contributed by atoms with Crippen LogP contribution in [0.1, 0.15) is 53.0 Å². The summed E-state index contributed by atoms with van der Waals surface area (Å²) in [5.41, 5.74) is 0.666. The number of hydrogen-bond acceptors (Lipinski definition) is 12. The Morgan fingerprint density at radius 1 is 0.679 bits per heavy atom. The lowest BCUT2D eigenvalue weighted by Crippen LogP contribution is -2.50. The van der Waals surface area contributed by atoms with Crippen molar-refractivity contribution in [3.63, 3.8) is 0 Å². The second-order valence-corrected chi connectivity index (χ2v) is 13.0. The standard InChI is InChI=1S/C36H53N5O12/c1-25(33(46)39-26(2)34(47)40-28-8-6-27(7-9-28)24-53-35(48)36(3,4)5)38-30(43)13-16-49-18-20-51-22-23-52-21-19-50-17-14-37-29(42)12-15-41-31(44)10-11-32(41)45/h6-11,25-26H,12-24H2,1-5H3,(H,37,42)(H,38,43)(H,39,46)(H,40,47)/t25-,26-/m0/s1. The fourth-order valence-corrected chi connectivity index (χ4v) is 4.23. The monoisotopic (exact) mass is 747 g/mol. The smallest absolute Gasteiger partial charge is 0.311 e. The quantitative estimate of drug-likeness (QED) is 0.0615. The number of carbonyl (C=O) groups excluding carboxylic acids is 7. The number of rotatable bonds is 25. The Hall–Kier alpha value is -4.71. The van der Waals surface area contributed by atoms with Crippen molar-refractivity contribution in [2.75, 3.05) is 71.3 Å². The van der Waals surface area contributed by atoms with Crippen LogP contribution in [-0.4, -0.2) is 124 Å². The van der Waals surface area contributed by atoms with Crippen LogP contribution in [0.4, 0.5) is 5.69 Å². The van der Waals surface area contributed by atoms with Gasteiger partial charge in [0, 0.05) is 43.8 Å². The van der Waals surface area contributed by atoms with Gasteiger partial charge in [0.25, 0.3) is 11.8 Å². The molecular formula is C36H53N5O12. The Balaban J connectivity index is 1.42. The molecule has 0 bridgehead atoms. The van der Waals surface area contributed by atoms with Crippen LogP contribution in [0.5, 0.6) is 0 Å². The number of esters is 1. The largest absolute Gasteiger partial charge is 0.460 e. The molecular weight excluding hydrogens is 694 g/mol. The topological polar surface area (TPSA) is 217 Å². The van der Waals surface area contributed by atoms with E-state index in [1.807, 2.05) is 0 Å². The number of nitrogens with zero attached hydrogens (tertiary/aromatic N) is 1. The molecule has 1 aliphatic heterocycles. The van der Waals surface area contributed by atoms with E-state index in [1.54, 1.807) is 45.0 Å². The Morgan fingerprint density at radius 2 is 1.21 bits per heavy atom. The number of anilines is 1. The molecule has 1 heterocycles. The number of ether oxygens (including phenoxy) is 5. The normalized spacial score (nSPS) is 13.7. The van der Waals surface area contributed by atoms with Crippen LogP contribution in [0.2, 0.25) is 0 Å². The highest BCUT2D eigenvalue weighted by Gasteiger charge is 2.24. The number of amides is 6. The van der Waals surface area contributed by atoms with Crippen LogP contribution in [-0.2, 0) is 63.9 Å². The number of hydrogen-bond donors (Lipinski definition) is 4. The van der Waals surface area contributed by atoms with Gasteiger partial charge in [-0.15, -0.1) is 0 Å². The molecule has 0 fully saturated rings. The molecule has 294 valence electrons. The van der Waals surface area contributed by atoms with Gasteiger partial charge in [0.2, 0.25) is 23.6 Å². The zero-order chi connectivity index (χ0) is 39.2. The zero-order valence-electron chi connectivity index (χ0n) is 31.2. The van der Waals surface area contributed by atoms with Crippen molar-refractivity contribution in [1.29, 1.82) is 0 Å². The third kappa shape index (κ3) is 18.6. The summed E-state index contributed by atoms with van der Waals surface area (Å²) in [5, 5.41) is 10.5. The van der Waals surface area contributed by atoms with Gasteiger partial charge in [-0.05, 0) is 52.3 Å². The molecule has 1 aromatic rings. The lowest BCUT2D eigenvalue weighted by Gasteiger charge is -2.18. The average molecular weight is 748 g/mol. The summed E-state index contributed by atoms with van der Waals surface area (Å²) in [6.07, 6.45) is 2.40. The summed E-state index contributed by atoms with van der Waals surface area (Å²) in [5.74, 6) is -2.79. The SMILES string of the molecule is C[C@H](NC(=O)CCOCCOCCOCCOCCNC(=O)CCN1C(=O)C=CC1=O)C(=O)N[C@@H](C)C(=O)Nc1ccc(COC(=O)C(C)(C)C)cc1. The van der Waals surface area contributed by atoms with Crippen LogP contribution >= 0.6 is 0 Å². The number of carbonyl (C=O) groups is 7. The van der Waals surface area contributed by atoms with E-state index >= 15 is 0 Å². The highest BCUT2D eigenvalue weighted by molar-refractivity contribution is 6.13. The number of imide groups is 1. The molecule has 17 nitrogen and oxygen atoms in total. The van der Waals surface area contributed by atoms with E-state index in [0.717, 1.165) is 10.5 Å². The zero-order valence-corrected chi connectivity index (χ0v) is 31.2. The van der Waals surface area contributed by atoms with Crippen LogP contribution in [0.15, 0.2) is 36.4 Å². The van der Waals surface area contributed by atoms with Crippen LogP contribution in [0, 0.1) is 5.41 Å². The predicted octanol–water partition coefficient (Wildman–Crippen LogP) is 0.612. The first-order valence-electron chi connectivity index (χ1n) is 17.5. The van der Waals surface area contributed by atoms with Gasteiger partial charge in [0.05, 0.1) is 58.3 Å². The van der Waals surface area contributed by atoms with Gasteiger partial charge in [0.15, 0.2) is 0 Å². The second-order valence-electron chi connectivity index (χ2n) is 13.0. The molecule has 1 aliphatic rings. The molecule has 2 atom stereocenters. The van der Waals surface area contributed by atoms with E-state index in [4.69, 9.17) is 23.7 Å². The van der Waals surface area contributed by atoms with Crippen molar-refractivity contribution in [2.24, 2.45) is 5.41 Å². The molecule has 0 radical (unpaired) electrons. The molecule has 6 amide bonds. The summed E-state index contributed by atoms with van der Waals surface area (Å²) in [6, 6.07) is 5.04. The molecule has 0 saturated carbocycles. The summed E-state index contributed by atoms with van der Waals surface area (Å²) in [7, 11) is 0. The minimum absolute atomic E-state index is 0.0210. The maximum atomic E-state index is 12.6. The van der Waals surface area contributed by atoms with Gasteiger partial charge in [-0.3, -0.25) is 38.5 Å². The lowest BCUT2D eigenvalue weighted by molar-refractivity contribution is -0.154. The van der Waals surface area contributed by atoms with E-state index in [0.29, 0.717) is 38.7 Å².